The Kier molecular flexibility index (Phi) is 4.26. The van der Waals surface area contributed by atoms with Gasteiger partial charge in [-0.2, -0.15) is 0 Å². The number of aromatic nitrogens is 1. The maximum Gasteiger partial charge on any atom is 0.0485 e. The van der Waals surface area contributed by atoms with E-state index in [1.165, 1.54) is 75.4 Å². The average Bonchev–Trinajstić information content (AvgIpc) is 2.96. The molecule has 4 bridgehead atoms. The third-order valence-corrected chi connectivity index (χ3v) is 9.04. The Morgan fingerprint density at radius 3 is 2.57 bits per heavy atom. The highest BCUT2D eigenvalue weighted by Crippen LogP contribution is 2.66. The zero-order valence-electron chi connectivity index (χ0n) is 19.3. The van der Waals surface area contributed by atoms with Crippen LogP contribution in [0, 0.1) is 16.7 Å². The molecule has 4 fully saturated rings. The number of nitrogens with one attached hydrogen (secondary N) is 1. The summed E-state index contributed by atoms with van der Waals surface area (Å²) in [4.78, 5) is 2.47. The van der Waals surface area contributed by atoms with Gasteiger partial charge in [-0.15, -0.1) is 0 Å². The van der Waals surface area contributed by atoms with Crippen molar-refractivity contribution in [2.45, 2.75) is 83.8 Å². The topological polar surface area (TPSA) is 20.2 Å². The van der Waals surface area contributed by atoms with Crippen molar-refractivity contribution in [1.82, 2.24) is 14.8 Å². The van der Waals surface area contributed by atoms with Gasteiger partial charge in [-0.05, 0) is 86.9 Å². The van der Waals surface area contributed by atoms with Crippen molar-refractivity contribution in [3.63, 3.8) is 0 Å². The molecule has 1 aromatic carbocycles. The van der Waals surface area contributed by atoms with E-state index in [0.717, 1.165) is 19.0 Å². The maximum atomic E-state index is 4.15. The molecule has 2 aromatic rings. The first-order valence-electron chi connectivity index (χ1n) is 12.4. The molecule has 5 aliphatic rings. The molecular formula is C27H39N3. The molecule has 30 heavy (non-hydrogen) atoms. The molecule has 7 rings (SSSR count). The van der Waals surface area contributed by atoms with Gasteiger partial charge in [0, 0.05) is 48.2 Å². The molecule has 1 aromatic heterocycles. The first-order valence-corrected chi connectivity index (χ1v) is 12.4. The van der Waals surface area contributed by atoms with Crippen LogP contribution in [0.3, 0.4) is 0 Å². The molecule has 1 N–H and O–H groups in total. The smallest absolute Gasteiger partial charge is 0.0485 e. The summed E-state index contributed by atoms with van der Waals surface area (Å²) in [6.07, 6.45) is 11.1. The zero-order chi connectivity index (χ0) is 20.6. The lowest BCUT2D eigenvalue weighted by molar-refractivity contribution is -0.117. The molecule has 2 unspecified atom stereocenters. The number of nitrogens with zero attached hydrogens (tertiary/aromatic N) is 2. The first-order chi connectivity index (χ1) is 14.4. The van der Waals surface area contributed by atoms with Gasteiger partial charge < -0.3 is 14.8 Å². The van der Waals surface area contributed by atoms with Crippen molar-refractivity contribution >= 4 is 10.9 Å². The van der Waals surface area contributed by atoms with E-state index in [4.69, 9.17) is 0 Å². The summed E-state index contributed by atoms with van der Waals surface area (Å²) in [6.45, 7) is 9.77. The lowest BCUT2D eigenvalue weighted by Crippen LogP contribution is -2.64. The van der Waals surface area contributed by atoms with Crippen molar-refractivity contribution in [2.75, 3.05) is 20.1 Å². The number of fused-ring (bicyclic) bond motifs is 3. The number of likely N-dealkylation sites (N-methyl/N-ethyl adjacent to an activating group) is 1. The molecule has 0 spiro atoms. The molecule has 162 valence electrons. The number of hydrogen-bond donors (Lipinski definition) is 1. The molecule has 4 aliphatic carbocycles. The Hall–Kier alpha value is -1.32. The van der Waals surface area contributed by atoms with Crippen molar-refractivity contribution < 1.29 is 0 Å². The predicted molar refractivity (Wildman–Crippen MR) is 125 cm³/mol. The van der Waals surface area contributed by atoms with E-state index in [1.807, 2.05) is 0 Å². The third kappa shape index (κ3) is 3.07. The summed E-state index contributed by atoms with van der Waals surface area (Å²) in [7, 11) is 2.26. The van der Waals surface area contributed by atoms with E-state index >= 15 is 0 Å². The Morgan fingerprint density at radius 2 is 1.80 bits per heavy atom. The molecule has 0 radical (unpaired) electrons. The monoisotopic (exact) mass is 405 g/mol. The molecule has 0 amide bonds. The predicted octanol–water partition coefficient (Wildman–Crippen LogP) is 5.36. The molecule has 1 aliphatic heterocycles. The molecule has 2 heterocycles. The van der Waals surface area contributed by atoms with E-state index in [-0.39, 0.29) is 0 Å². The van der Waals surface area contributed by atoms with Crippen LogP contribution in [-0.2, 0) is 19.5 Å². The van der Waals surface area contributed by atoms with Crippen LogP contribution in [0.2, 0.25) is 0 Å². The van der Waals surface area contributed by atoms with E-state index in [2.05, 4.69) is 59.9 Å². The van der Waals surface area contributed by atoms with Crippen LogP contribution < -0.4 is 5.32 Å². The highest BCUT2D eigenvalue weighted by molar-refractivity contribution is 5.85. The molecule has 0 saturated heterocycles. The summed E-state index contributed by atoms with van der Waals surface area (Å²) in [6, 6.07) is 9.08. The van der Waals surface area contributed by atoms with Gasteiger partial charge in [0.25, 0.3) is 0 Å². The highest BCUT2D eigenvalue weighted by Gasteiger charge is 2.59. The quantitative estimate of drug-likeness (QED) is 0.676. The van der Waals surface area contributed by atoms with E-state index in [0.29, 0.717) is 16.4 Å². The van der Waals surface area contributed by atoms with Crippen LogP contribution in [0.5, 0.6) is 0 Å². The fourth-order valence-electron chi connectivity index (χ4n) is 9.03. The molecule has 4 saturated carbocycles. The lowest BCUT2D eigenvalue weighted by atomic mass is 9.43. The van der Waals surface area contributed by atoms with Crippen LogP contribution in [0.15, 0.2) is 24.3 Å². The van der Waals surface area contributed by atoms with Gasteiger partial charge in [-0.25, -0.2) is 0 Å². The van der Waals surface area contributed by atoms with Crippen LogP contribution in [0.25, 0.3) is 10.9 Å². The second-order valence-corrected chi connectivity index (χ2v) is 12.3. The zero-order valence-corrected chi connectivity index (χ0v) is 19.3. The Bertz CT molecular complexity index is 954. The lowest BCUT2D eigenvalue weighted by Gasteiger charge is -2.65. The second-order valence-electron chi connectivity index (χ2n) is 12.3. The van der Waals surface area contributed by atoms with Gasteiger partial charge in [0.2, 0.25) is 0 Å². The highest BCUT2D eigenvalue weighted by atomic mass is 15.1. The minimum absolute atomic E-state index is 0.434. The van der Waals surface area contributed by atoms with E-state index < -0.39 is 0 Å². The molecule has 2 atom stereocenters. The normalized spacial score (nSPS) is 37.8. The number of hydrogen-bond acceptors (Lipinski definition) is 2. The van der Waals surface area contributed by atoms with Crippen molar-refractivity contribution in [3.05, 3.63) is 35.5 Å². The van der Waals surface area contributed by atoms with Gasteiger partial charge >= 0.3 is 0 Å². The van der Waals surface area contributed by atoms with E-state index in [9.17, 15) is 0 Å². The first kappa shape index (κ1) is 19.4. The summed E-state index contributed by atoms with van der Waals surface area (Å²) in [5.41, 5.74) is 6.27. The Morgan fingerprint density at radius 1 is 1.03 bits per heavy atom. The number of benzene rings is 1. The summed E-state index contributed by atoms with van der Waals surface area (Å²) in [5, 5.41) is 5.63. The minimum atomic E-state index is 0.434. The van der Waals surface area contributed by atoms with Crippen LogP contribution in [-0.4, -0.2) is 35.1 Å². The minimum Gasteiger partial charge on any atom is -0.344 e. The van der Waals surface area contributed by atoms with Gasteiger partial charge in [-0.1, -0.05) is 32.0 Å². The number of rotatable bonds is 5. The number of para-hydroxylation sites is 1. The second kappa shape index (κ2) is 6.59. The fourth-order valence-corrected chi connectivity index (χ4v) is 9.03. The Balaban J connectivity index is 1.17. The largest absolute Gasteiger partial charge is 0.344 e. The van der Waals surface area contributed by atoms with Crippen LogP contribution in [0.4, 0.5) is 0 Å². The van der Waals surface area contributed by atoms with Crippen molar-refractivity contribution in [2.24, 2.45) is 16.7 Å². The third-order valence-electron chi connectivity index (χ3n) is 9.04. The van der Waals surface area contributed by atoms with Crippen LogP contribution in [0.1, 0.15) is 70.1 Å². The van der Waals surface area contributed by atoms with Gasteiger partial charge in [-0.3, -0.25) is 0 Å². The summed E-state index contributed by atoms with van der Waals surface area (Å²) in [5.74, 6) is 0.973. The van der Waals surface area contributed by atoms with Gasteiger partial charge in [0.1, 0.15) is 0 Å². The molecule has 3 nitrogen and oxygen atoms in total. The SMILES string of the molecule is CN1CCc2c(c3ccccc3n2CCCNC23CC4CC(C)(CC(C)(C4)C2)C3)C1. The summed E-state index contributed by atoms with van der Waals surface area (Å²) < 4.78 is 2.65. The van der Waals surface area contributed by atoms with Gasteiger partial charge in [0.15, 0.2) is 0 Å². The standard InChI is InChI=1S/C27H39N3/c1-25-13-20-14-26(2,17-25)19-27(15-20,18-25)28-10-6-11-30-23-8-5-4-7-21(23)22-16-29(3)12-9-24(22)30/h4-5,7-8,20,28H,6,9-19H2,1-3H3. The maximum absolute atomic E-state index is 4.15. The fraction of sp³-hybridized carbons (Fsp3) is 0.704. The molecular weight excluding hydrogens is 366 g/mol. The van der Waals surface area contributed by atoms with Gasteiger partial charge in [0.05, 0.1) is 0 Å². The van der Waals surface area contributed by atoms with Crippen molar-refractivity contribution in [3.8, 4) is 0 Å². The Labute approximate surface area is 182 Å². The van der Waals surface area contributed by atoms with E-state index in [1.54, 1.807) is 11.3 Å². The van der Waals surface area contributed by atoms with Crippen LogP contribution >= 0.6 is 0 Å². The van der Waals surface area contributed by atoms with Crippen molar-refractivity contribution in [1.29, 1.82) is 0 Å². The molecule has 3 heteroatoms. The summed E-state index contributed by atoms with van der Waals surface area (Å²) >= 11 is 0. The average molecular weight is 406 g/mol. The number of aryl methyl sites for hydroxylation is 1.